The summed E-state index contributed by atoms with van der Waals surface area (Å²) in [5.41, 5.74) is 5.14. The first-order valence-electron chi connectivity index (χ1n) is 4.34. The molecule has 0 unspecified atom stereocenters. The number of nitrogens with zero attached hydrogens (tertiary/aromatic N) is 1. The van der Waals surface area contributed by atoms with Crippen LogP contribution in [0.3, 0.4) is 0 Å². The lowest BCUT2D eigenvalue weighted by Crippen LogP contribution is -2.40. The number of sulfonamides is 1. The van der Waals surface area contributed by atoms with Gasteiger partial charge in [-0.2, -0.15) is 4.31 Å². The van der Waals surface area contributed by atoms with Crippen LogP contribution in [-0.4, -0.2) is 51.1 Å². The van der Waals surface area contributed by atoms with Gasteiger partial charge in [-0.25, -0.2) is 8.42 Å². The van der Waals surface area contributed by atoms with Crippen LogP contribution in [0, 0.1) is 0 Å². The number of likely N-dealkylation sites (N-methyl/N-ethyl adjacent to an activating group) is 2. The van der Waals surface area contributed by atoms with Crippen LogP contribution in [0.4, 0.5) is 0 Å². The van der Waals surface area contributed by atoms with E-state index in [-0.39, 0.29) is 24.7 Å². The van der Waals surface area contributed by atoms with Gasteiger partial charge in [-0.05, 0) is 6.92 Å². The van der Waals surface area contributed by atoms with Crippen molar-refractivity contribution in [3.05, 3.63) is 0 Å². The van der Waals surface area contributed by atoms with Gasteiger partial charge in [0.1, 0.15) is 0 Å². The van der Waals surface area contributed by atoms with Gasteiger partial charge in [-0.3, -0.25) is 4.79 Å². The molecule has 0 rings (SSSR count). The number of hydrogen-bond acceptors (Lipinski definition) is 4. The van der Waals surface area contributed by atoms with Crippen molar-refractivity contribution in [2.45, 2.75) is 6.92 Å². The number of amides is 1. The molecule has 0 saturated heterocycles. The third-order valence-electron chi connectivity index (χ3n) is 1.59. The van der Waals surface area contributed by atoms with Crippen molar-refractivity contribution in [2.24, 2.45) is 5.73 Å². The summed E-state index contributed by atoms with van der Waals surface area (Å²) < 4.78 is 23.7. The molecule has 0 aliphatic carbocycles. The first-order valence-corrected chi connectivity index (χ1v) is 5.95. The van der Waals surface area contributed by atoms with Gasteiger partial charge in [-0.15, -0.1) is 0 Å². The van der Waals surface area contributed by atoms with E-state index < -0.39 is 10.0 Å². The fourth-order valence-corrected chi connectivity index (χ4v) is 1.78. The third-order valence-corrected chi connectivity index (χ3v) is 3.42. The molecule has 0 aromatic carbocycles. The Morgan fingerprint density at radius 1 is 1.50 bits per heavy atom. The number of rotatable bonds is 6. The summed E-state index contributed by atoms with van der Waals surface area (Å²) in [6.45, 7) is 2.16. The van der Waals surface area contributed by atoms with E-state index in [4.69, 9.17) is 5.73 Å². The molecule has 0 aromatic rings. The van der Waals surface area contributed by atoms with Gasteiger partial charge >= 0.3 is 0 Å². The molecule has 7 heteroatoms. The number of carbonyl (C=O) groups is 1. The molecule has 0 aromatic heterocycles. The monoisotopic (exact) mass is 223 g/mol. The lowest BCUT2D eigenvalue weighted by atomic mass is 10.5. The average molecular weight is 223 g/mol. The van der Waals surface area contributed by atoms with Crippen molar-refractivity contribution in [1.29, 1.82) is 0 Å². The molecule has 0 fully saturated rings. The summed E-state index contributed by atoms with van der Waals surface area (Å²) >= 11 is 0. The first kappa shape index (κ1) is 13.3. The lowest BCUT2D eigenvalue weighted by molar-refractivity contribution is -0.121. The zero-order valence-corrected chi connectivity index (χ0v) is 9.30. The minimum Gasteiger partial charge on any atom is -0.355 e. The Bertz CT molecular complexity index is 276. The molecule has 0 aliphatic heterocycles. The summed E-state index contributed by atoms with van der Waals surface area (Å²) in [5.74, 6) is -0.446. The van der Waals surface area contributed by atoms with E-state index >= 15 is 0 Å². The van der Waals surface area contributed by atoms with Crippen LogP contribution < -0.4 is 11.1 Å². The maximum absolute atomic E-state index is 11.3. The molecule has 0 bridgehead atoms. The Morgan fingerprint density at radius 3 is 2.50 bits per heavy atom. The predicted octanol–water partition coefficient (Wildman–Crippen LogP) is -1.66. The van der Waals surface area contributed by atoms with Crippen molar-refractivity contribution in [3.63, 3.8) is 0 Å². The van der Waals surface area contributed by atoms with Crippen LogP contribution in [0.2, 0.25) is 0 Å². The van der Waals surface area contributed by atoms with Crippen molar-refractivity contribution in [1.82, 2.24) is 9.62 Å². The molecule has 0 atom stereocenters. The summed E-state index contributed by atoms with van der Waals surface area (Å²) in [4.78, 5) is 11.1. The quantitative estimate of drug-likeness (QED) is 0.564. The summed E-state index contributed by atoms with van der Waals surface area (Å²) in [5, 5.41) is 2.51. The van der Waals surface area contributed by atoms with Crippen molar-refractivity contribution in [3.8, 4) is 0 Å². The van der Waals surface area contributed by atoms with E-state index in [9.17, 15) is 13.2 Å². The van der Waals surface area contributed by atoms with Gasteiger partial charge in [0, 0.05) is 20.1 Å². The highest BCUT2D eigenvalue weighted by atomic mass is 32.2. The van der Waals surface area contributed by atoms with Gasteiger partial charge in [0.2, 0.25) is 15.9 Å². The predicted molar refractivity (Wildman–Crippen MR) is 54.2 cm³/mol. The molecular formula is C7H17N3O3S. The van der Waals surface area contributed by atoms with Gasteiger partial charge in [-0.1, -0.05) is 0 Å². The number of nitrogens with one attached hydrogen (secondary N) is 1. The molecule has 3 N–H and O–H groups in total. The van der Waals surface area contributed by atoms with Crippen LogP contribution in [0.25, 0.3) is 0 Å². The second kappa shape index (κ2) is 5.94. The number of nitrogens with two attached hydrogens (primary N) is 1. The molecule has 0 saturated carbocycles. The molecule has 84 valence electrons. The molecule has 0 spiro atoms. The van der Waals surface area contributed by atoms with Crippen molar-refractivity contribution < 1.29 is 13.2 Å². The maximum Gasteiger partial charge on any atom is 0.235 e. The van der Waals surface area contributed by atoms with E-state index in [1.165, 1.54) is 7.05 Å². The molecule has 1 amide bonds. The minimum absolute atomic E-state index is 0.0576. The molecule has 0 aliphatic rings. The summed E-state index contributed by atoms with van der Waals surface area (Å²) in [6.07, 6.45) is 0. The Kier molecular flexibility index (Phi) is 5.66. The van der Waals surface area contributed by atoms with Crippen LogP contribution in [0.15, 0.2) is 0 Å². The highest BCUT2D eigenvalue weighted by molar-refractivity contribution is 7.89. The Labute approximate surface area is 84.5 Å². The maximum atomic E-state index is 11.3. The van der Waals surface area contributed by atoms with Crippen molar-refractivity contribution >= 4 is 15.9 Å². The van der Waals surface area contributed by atoms with Gasteiger partial charge in [0.15, 0.2) is 0 Å². The molecule has 14 heavy (non-hydrogen) atoms. The first-order chi connectivity index (χ1) is 6.44. The van der Waals surface area contributed by atoms with Gasteiger partial charge < -0.3 is 11.1 Å². The van der Waals surface area contributed by atoms with Crippen molar-refractivity contribution in [2.75, 3.05) is 32.4 Å². The number of carbonyl (C=O) groups excluding carboxylic acids is 1. The van der Waals surface area contributed by atoms with E-state index in [0.717, 1.165) is 4.31 Å². The number of hydrogen-bond donors (Lipinski definition) is 2. The highest BCUT2D eigenvalue weighted by Crippen LogP contribution is 1.95. The second-order valence-electron chi connectivity index (χ2n) is 2.81. The van der Waals surface area contributed by atoms with E-state index in [1.807, 2.05) is 0 Å². The van der Waals surface area contributed by atoms with E-state index in [2.05, 4.69) is 5.32 Å². The third kappa shape index (κ3) is 4.54. The Morgan fingerprint density at radius 2 is 2.07 bits per heavy atom. The van der Waals surface area contributed by atoms with Crippen LogP contribution in [-0.2, 0) is 14.8 Å². The fraction of sp³-hybridized carbons (Fsp3) is 0.857. The normalized spacial score (nSPS) is 11.7. The standard InChI is InChI=1S/C7H17N3O3S/c1-3-9-7(11)6-10(2)14(12,13)5-4-8/h3-6,8H2,1-2H3,(H,9,11). The van der Waals surface area contributed by atoms with Crippen LogP contribution >= 0.6 is 0 Å². The van der Waals surface area contributed by atoms with Crippen LogP contribution in [0.5, 0.6) is 0 Å². The topological polar surface area (TPSA) is 92.5 Å². The Balaban J connectivity index is 4.20. The summed E-state index contributed by atoms with van der Waals surface area (Å²) in [6, 6.07) is 0. The summed E-state index contributed by atoms with van der Waals surface area (Å²) in [7, 11) is -2.01. The largest absolute Gasteiger partial charge is 0.355 e. The zero-order valence-electron chi connectivity index (χ0n) is 8.49. The highest BCUT2D eigenvalue weighted by Gasteiger charge is 2.18. The molecule has 0 radical (unpaired) electrons. The van der Waals surface area contributed by atoms with Crippen LogP contribution in [0.1, 0.15) is 6.92 Å². The van der Waals surface area contributed by atoms with Gasteiger partial charge in [0.05, 0.1) is 12.3 Å². The zero-order chi connectivity index (χ0) is 11.2. The second-order valence-corrected chi connectivity index (χ2v) is 5.01. The SMILES string of the molecule is CCNC(=O)CN(C)S(=O)(=O)CCN. The fourth-order valence-electron chi connectivity index (χ4n) is 0.858. The molecular weight excluding hydrogens is 206 g/mol. The molecule has 0 heterocycles. The average Bonchev–Trinajstić information content (AvgIpc) is 2.04. The Hall–Kier alpha value is -0.660. The van der Waals surface area contributed by atoms with Gasteiger partial charge in [0.25, 0.3) is 0 Å². The van der Waals surface area contributed by atoms with E-state index in [0.29, 0.717) is 6.54 Å². The lowest BCUT2D eigenvalue weighted by Gasteiger charge is -2.15. The smallest absolute Gasteiger partial charge is 0.235 e. The minimum atomic E-state index is -3.38. The van der Waals surface area contributed by atoms with E-state index in [1.54, 1.807) is 6.92 Å². The molecule has 6 nitrogen and oxygen atoms in total.